The van der Waals surface area contributed by atoms with Crippen molar-refractivity contribution >= 4 is 33.2 Å². The van der Waals surface area contributed by atoms with Gasteiger partial charge in [-0.1, -0.05) is 11.6 Å². The van der Waals surface area contributed by atoms with Crippen LogP contribution in [0.5, 0.6) is 0 Å². The molecule has 1 amide bonds. The van der Waals surface area contributed by atoms with Gasteiger partial charge >= 0.3 is 0 Å². The third kappa shape index (κ3) is 3.62. The number of carbonyl (C=O) groups excluding carboxylic acids is 1. The van der Waals surface area contributed by atoms with Crippen molar-refractivity contribution in [2.75, 3.05) is 19.8 Å². The van der Waals surface area contributed by atoms with E-state index in [1.54, 1.807) is 21.0 Å². The molecule has 1 aromatic rings. The van der Waals surface area contributed by atoms with Crippen LogP contribution < -0.4 is 10.5 Å². The molecule has 1 aromatic carbocycles. The highest BCUT2D eigenvalue weighted by Crippen LogP contribution is 2.26. The molecule has 20 heavy (non-hydrogen) atoms. The monoisotopic (exact) mass is 319 g/mol. The van der Waals surface area contributed by atoms with Crippen molar-refractivity contribution in [3.63, 3.8) is 0 Å². The maximum Gasteiger partial charge on any atom is 0.241 e. The molecular weight excluding hydrogens is 302 g/mol. The number of nitrogens with two attached hydrogens (primary N) is 1. The zero-order valence-corrected chi connectivity index (χ0v) is 13.3. The van der Waals surface area contributed by atoms with Crippen LogP contribution in [0.4, 0.5) is 5.69 Å². The quantitative estimate of drug-likeness (QED) is 0.809. The summed E-state index contributed by atoms with van der Waals surface area (Å²) in [6.45, 7) is 3.06. The smallest absolute Gasteiger partial charge is 0.241 e. The molecule has 1 unspecified atom stereocenters. The highest BCUT2D eigenvalue weighted by Gasteiger charge is 2.25. The number of benzene rings is 1. The van der Waals surface area contributed by atoms with Crippen LogP contribution in [0.25, 0.3) is 0 Å². The van der Waals surface area contributed by atoms with Gasteiger partial charge in [-0.25, -0.2) is 8.42 Å². The SMILES string of the molecule is Cc1c(N)cc(Cl)cc1S(=O)(=O)NC(C)C(=O)N(C)C. The van der Waals surface area contributed by atoms with E-state index in [0.29, 0.717) is 5.56 Å². The number of sulfonamides is 1. The number of rotatable bonds is 4. The molecule has 0 aliphatic rings. The minimum absolute atomic E-state index is 0.0269. The summed E-state index contributed by atoms with van der Waals surface area (Å²) < 4.78 is 26.9. The van der Waals surface area contributed by atoms with E-state index in [1.807, 2.05) is 0 Å². The first-order valence-corrected chi connectivity index (χ1v) is 7.71. The molecule has 0 spiro atoms. The Bertz CT molecular complexity index is 629. The number of nitrogen functional groups attached to an aromatic ring is 1. The van der Waals surface area contributed by atoms with E-state index in [4.69, 9.17) is 17.3 Å². The van der Waals surface area contributed by atoms with Crippen LogP contribution in [-0.4, -0.2) is 39.4 Å². The summed E-state index contributed by atoms with van der Waals surface area (Å²) >= 11 is 5.83. The van der Waals surface area contributed by atoms with Crippen molar-refractivity contribution in [1.82, 2.24) is 9.62 Å². The van der Waals surface area contributed by atoms with Gasteiger partial charge in [0.05, 0.1) is 10.9 Å². The Labute approximate surface area is 123 Å². The van der Waals surface area contributed by atoms with Gasteiger partial charge in [-0.05, 0) is 31.5 Å². The summed E-state index contributed by atoms with van der Waals surface area (Å²) in [5.74, 6) is -0.346. The number of likely N-dealkylation sites (N-methyl/N-ethyl adjacent to an activating group) is 1. The van der Waals surface area contributed by atoms with Crippen molar-refractivity contribution in [3.05, 3.63) is 22.7 Å². The first-order valence-electron chi connectivity index (χ1n) is 5.85. The minimum atomic E-state index is -3.88. The zero-order chi connectivity index (χ0) is 15.7. The third-order valence-corrected chi connectivity index (χ3v) is 4.68. The topological polar surface area (TPSA) is 92.5 Å². The fourth-order valence-corrected chi connectivity index (χ4v) is 3.47. The molecule has 0 aromatic heterocycles. The standard InChI is InChI=1S/C12H18ClN3O3S/c1-7-10(14)5-9(13)6-11(7)20(18,19)15-8(2)12(17)16(3)4/h5-6,8,15H,14H2,1-4H3. The van der Waals surface area contributed by atoms with Crippen molar-refractivity contribution in [2.45, 2.75) is 24.8 Å². The number of nitrogens with one attached hydrogen (secondary N) is 1. The number of halogens is 1. The minimum Gasteiger partial charge on any atom is -0.398 e. The summed E-state index contributed by atoms with van der Waals surface area (Å²) in [4.78, 5) is 13.0. The summed E-state index contributed by atoms with van der Waals surface area (Å²) in [7, 11) is -0.773. The zero-order valence-electron chi connectivity index (χ0n) is 11.8. The summed E-state index contributed by atoms with van der Waals surface area (Å²) in [5.41, 5.74) is 6.38. The second-order valence-electron chi connectivity index (χ2n) is 4.69. The highest BCUT2D eigenvalue weighted by atomic mass is 35.5. The maximum absolute atomic E-state index is 12.3. The average molecular weight is 320 g/mol. The Morgan fingerprint density at radius 2 is 1.95 bits per heavy atom. The Hall–Kier alpha value is -1.31. The third-order valence-electron chi connectivity index (χ3n) is 2.80. The largest absolute Gasteiger partial charge is 0.398 e. The second kappa shape index (κ2) is 5.99. The Balaban J connectivity index is 3.16. The van der Waals surface area contributed by atoms with Gasteiger partial charge in [0.2, 0.25) is 15.9 Å². The van der Waals surface area contributed by atoms with Crippen LogP contribution >= 0.6 is 11.6 Å². The lowest BCUT2D eigenvalue weighted by Gasteiger charge is -2.19. The molecule has 6 nitrogen and oxygen atoms in total. The molecule has 8 heteroatoms. The van der Waals surface area contributed by atoms with E-state index < -0.39 is 16.1 Å². The number of carbonyl (C=O) groups is 1. The van der Waals surface area contributed by atoms with E-state index in [-0.39, 0.29) is 21.5 Å². The first-order chi connectivity index (χ1) is 9.06. The predicted octanol–water partition coefficient (Wildman–Crippen LogP) is 0.986. The van der Waals surface area contributed by atoms with Gasteiger partial charge in [0, 0.05) is 24.8 Å². The Morgan fingerprint density at radius 3 is 2.45 bits per heavy atom. The summed E-state index contributed by atoms with van der Waals surface area (Å²) in [6.07, 6.45) is 0. The van der Waals surface area contributed by atoms with Gasteiger partial charge in [0.25, 0.3) is 0 Å². The summed E-state index contributed by atoms with van der Waals surface area (Å²) in [5, 5.41) is 0.222. The van der Waals surface area contributed by atoms with E-state index in [2.05, 4.69) is 4.72 Å². The molecule has 1 rings (SSSR count). The number of hydrogen-bond donors (Lipinski definition) is 2. The molecular formula is C12H18ClN3O3S. The fourth-order valence-electron chi connectivity index (χ4n) is 1.69. The molecule has 0 bridgehead atoms. The van der Waals surface area contributed by atoms with Crippen LogP contribution in [0.2, 0.25) is 5.02 Å². The van der Waals surface area contributed by atoms with Gasteiger partial charge in [-0.3, -0.25) is 4.79 Å². The Morgan fingerprint density at radius 1 is 1.40 bits per heavy atom. The lowest BCUT2D eigenvalue weighted by Crippen LogP contribution is -2.44. The number of anilines is 1. The fraction of sp³-hybridized carbons (Fsp3) is 0.417. The van der Waals surface area contributed by atoms with Crippen molar-refractivity contribution in [1.29, 1.82) is 0 Å². The Kier molecular flexibility index (Phi) is 5.01. The van der Waals surface area contributed by atoms with Crippen LogP contribution in [-0.2, 0) is 14.8 Å². The van der Waals surface area contributed by atoms with Gasteiger partial charge in [-0.2, -0.15) is 4.72 Å². The van der Waals surface area contributed by atoms with Crippen LogP contribution in [0, 0.1) is 6.92 Å². The van der Waals surface area contributed by atoms with E-state index in [0.717, 1.165) is 0 Å². The van der Waals surface area contributed by atoms with Crippen molar-refractivity contribution in [2.24, 2.45) is 0 Å². The molecule has 1 atom stereocenters. The van der Waals surface area contributed by atoms with E-state index in [9.17, 15) is 13.2 Å². The van der Waals surface area contributed by atoms with Crippen molar-refractivity contribution < 1.29 is 13.2 Å². The van der Waals surface area contributed by atoms with Crippen LogP contribution in [0.15, 0.2) is 17.0 Å². The van der Waals surface area contributed by atoms with Gasteiger partial charge < -0.3 is 10.6 Å². The predicted molar refractivity (Wildman–Crippen MR) is 79.1 cm³/mol. The van der Waals surface area contributed by atoms with Crippen molar-refractivity contribution in [3.8, 4) is 0 Å². The molecule has 0 saturated heterocycles. The lowest BCUT2D eigenvalue weighted by atomic mass is 10.2. The maximum atomic E-state index is 12.3. The number of amides is 1. The van der Waals surface area contributed by atoms with Crippen LogP contribution in [0.1, 0.15) is 12.5 Å². The molecule has 0 saturated carbocycles. The second-order valence-corrected chi connectivity index (χ2v) is 6.81. The van der Waals surface area contributed by atoms with Crippen LogP contribution in [0.3, 0.4) is 0 Å². The van der Waals surface area contributed by atoms with E-state index in [1.165, 1.54) is 24.0 Å². The lowest BCUT2D eigenvalue weighted by molar-refractivity contribution is -0.130. The van der Waals surface area contributed by atoms with Gasteiger partial charge in [-0.15, -0.1) is 0 Å². The molecule has 3 N–H and O–H groups in total. The molecule has 0 fully saturated rings. The highest BCUT2D eigenvalue weighted by molar-refractivity contribution is 7.89. The molecule has 0 radical (unpaired) electrons. The molecule has 112 valence electrons. The first kappa shape index (κ1) is 16.7. The normalized spacial score (nSPS) is 13.1. The molecule has 0 aliphatic heterocycles. The van der Waals surface area contributed by atoms with E-state index >= 15 is 0 Å². The summed E-state index contributed by atoms with van der Waals surface area (Å²) in [6, 6.07) is 1.90. The van der Waals surface area contributed by atoms with Gasteiger partial charge in [0.1, 0.15) is 0 Å². The molecule has 0 heterocycles. The van der Waals surface area contributed by atoms with Gasteiger partial charge in [0.15, 0.2) is 0 Å². The number of hydrogen-bond acceptors (Lipinski definition) is 4. The average Bonchev–Trinajstić information content (AvgIpc) is 2.31. The molecule has 0 aliphatic carbocycles. The number of nitrogens with zero attached hydrogens (tertiary/aromatic N) is 1.